The maximum Gasteiger partial charge on any atom is 0.222 e. The first-order valence-corrected chi connectivity index (χ1v) is 6.84. The number of nitrogen functional groups attached to an aromatic ring is 1. The summed E-state index contributed by atoms with van der Waals surface area (Å²) in [7, 11) is 0. The van der Waals surface area contributed by atoms with Crippen LogP contribution in [-0.4, -0.2) is 28.3 Å². The predicted octanol–water partition coefficient (Wildman–Crippen LogP) is 0.884. The van der Waals surface area contributed by atoms with Gasteiger partial charge in [0, 0.05) is 19.1 Å². The Morgan fingerprint density at radius 2 is 2.16 bits per heavy atom. The van der Waals surface area contributed by atoms with Crippen LogP contribution in [0.3, 0.4) is 0 Å². The Balaban J connectivity index is 2.35. The fourth-order valence-corrected chi connectivity index (χ4v) is 2.74. The molecule has 6 nitrogen and oxygen atoms in total. The molecule has 1 fully saturated rings. The molecule has 0 radical (unpaired) electrons. The summed E-state index contributed by atoms with van der Waals surface area (Å²) >= 11 is 0. The summed E-state index contributed by atoms with van der Waals surface area (Å²) < 4.78 is 1.91. The molecular weight excluding hydrogens is 242 g/mol. The van der Waals surface area contributed by atoms with Gasteiger partial charge in [0.1, 0.15) is 0 Å². The first kappa shape index (κ1) is 13.7. The van der Waals surface area contributed by atoms with Crippen molar-refractivity contribution in [3.8, 4) is 0 Å². The summed E-state index contributed by atoms with van der Waals surface area (Å²) in [6.07, 6.45) is 1.80. The first-order chi connectivity index (χ1) is 8.95. The Hall–Kier alpha value is -1.72. The van der Waals surface area contributed by atoms with Gasteiger partial charge in [-0.3, -0.25) is 4.79 Å². The van der Waals surface area contributed by atoms with Crippen LogP contribution in [0.4, 0.5) is 11.5 Å². The van der Waals surface area contributed by atoms with Gasteiger partial charge in [-0.05, 0) is 33.6 Å². The van der Waals surface area contributed by atoms with Crippen molar-refractivity contribution in [1.82, 2.24) is 9.78 Å². The molecule has 6 heteroatoms. The molecule has 0 aliphatic carbocycles. The molecule has 0 saturated carbocycles. The number of primary amides is 1. The number of amides is 1. The Labute approximate surface area is 113 Å². The normalized spacial score (nSPS) is 23.6. The zero-order valence-electron chi connectivity index (χ0n) is 11.9. The van der Waals surface area contributed by atoms with E-state index in [0.717, 1.165) is 30.9 Å². The van der Waals surface area contributed by atoms with Gasteiger partial charge in [0.2, 0.25) is 5.91 Å². The van der Waals surface area contributed by atoms with E-state index in [9.17, 15) is 4.79 Å². The molecule has 4 N–H and O–H groups in total. The van der Waals surface area contributed by atoms with E-state index in [4.69, 9.17) is 11.5 Å². The molecule has 1 aliphatic heterocycles. The van der Waals surface area contributed by atoms with Crippen LogP contribution >= 0.6 is 0 Å². The highest BCUT2D eigenvalue weighted by atomic mass is 16.1. The second-order valence-corrected chi connectivity index (χ2v) is 5.32. The lowest BCUT2D eigenvalue weighted by molar-refractivity contribution is -0.122. The van der Waals surface area contributed by atoms with E-state index >= 15 is 0 Å². The average Bonchev–Trinajstić information content (AvgIpc) is 2.66. The molecule has 1 amide bonds. The molecule has 2 heterocycles. The van der Waals surface area contributed by atoms with Gasteiger partial charge in [-0.25, -0.2) is 4.68 Å². The van der Waals surface area contributed by atoms with E-state index in [2.05, 4.69) is 16.9 Å². The lowest BCUT2D eigenvalue weighted by Crippen LogP contribution is -2.47. The Morgan fingerprint density at radius 3 is 2.74 bits per heavy atom. The number of carbonyl (C=O) groups excluding carboxylic acids is 1. The largest absolute Gasteiger partial charge is 0.394 e. The van der Waals surface area contributed by atoms with E-state index in [1.54, 1.807) is 0 Å². The van der Waals surface area contributed by atoms with Crippen LogP contribution in [0.25, 0.3) is 0 Å². The van der Waals surface area contributed by atoms with Crippen LogP contribution in [0.1, 0.15) is 32.4 Å². The number of anilines is 2. The monoisotopic (exact) mass is 265 g/mol. The third-order valence-electron chi connectivity index (χ3n) is 4.00. The number of nitrogens with two attached hydrogens (primary N) is 2. The summed E-state index contributed by atoms with van der Waals surface area (Å²) in [5.41, 5.74) is 13.1. The number of aryl methyl sites for hydroxylation is 2. The van der Waals surface area contributed by atoms with Gasteiger partial charge in [0.05, 0.1) is 17.3 Å². The average molecular weight is 265 g/mol. The molecule has 2 atom stereocenters. The number of aromatic nitrogens is 2. The van der Waals surface area contributed by atoms with Crippen LogP contribution in [0.5, 0.6) is 0 Å². The van der Waals surface area contributed by atoms with Crippen LogP contribution < -0.4 is 16.4 Å². The van der Waals surface area contributed by atoms with Crippen molar-refractivity contribution in [1.29, 1.82) is 0 Å². The minimum Gasteiger partial charge on any atom is -0.394 e. The second kappa shape index (κ2) is 5.11. The quantitative estimate of drug-likeness (QED) is 0.849. The maximum absolute atomic E-state index is 11.4. The van der Waals surface area contributed by atoms with Crippen LogP contribution in [0, 0.1) is 12.8 Å². The molecule has 1 saturated heterocycles. The Kier molecular flexibility index (Phi) is 3.68. The van der Waals surface area contributed by atoms with Crippen LogP contribution in [0.15, 0.2) is 0 Å². The molecule has 2 rings (SSSR count). The lowest BCUT2D eigenvalue weighted by Gasteiger charge is -2.38. The van der Waals surface area contributed by atoms with Crippen molar-refractivity contribution in [2.75, 3.05) is 17.2 Å². The van der Waals surface area contributed by atoms with Crippen molar-refractivity contribution >= 4 is 17.4 Å². The number of rotatable bonds is 3. The fraction of sp³-hybridized carbons (Fsp3) is 0.692. The molecule has 1 aromatic heterocycles. The SMILES string of the molecule is CCn1nc(C)c(N)c1N1CC(C(N)=O)CCC1C. The first-order valence-electron chi connectivity index (χ1n) is 6.84. The van der Waals surface area contributed by atoms with Gasteiger partial charge in [-0.2, -0.15) is 5.10 Å². The van der Waals surface area contributed by atoms with Crippen molar-refractivity contribution in [3.05, 3.63) is 5.69 Å². The van der Waals surface area contributed by atoms with Crippen LogP contribution in [-0.2, 0) is 11.3 Å². The summed E-state index contributed by atoms with van der Waals surface area (Å²) in [6, 6.07) is 0.347. The molecule has 1 aliphatic rings. The summed E-state index contributed by atoms with van der Waals surface area (Å²) in [5.74, 6) is 0.601. The molecule has 0 spiro atoms. The fourth-order valence-electron chi connectivity index (χ4n) is 2.74. The molecule has 106 valence electrons. The zero-order valence-corrected chi connectivity index (χ0v) is 11.9. The highest BCUT2D eigenvalue weighted by Crippen LogP contribution is 2.33. The van der Waals surface area contributed by atoms with Gasteiger partial charge in [0.25, 0.3) is 0 Å². The second-order valence-electron chi connectivity index (χ2n) is 5.32. The number of hydrogen-bond donors (Lipinski definition) is 2. The summed E-state index contributed by atoms with van der Waals surface area (Å²) in [4.78, 5) is 13.6. The molecule has 2 unspecified atom stereocenters. The Bertz CT molecular complexity index is 482. The zero-order chi connectivity index (χ0) is 14.2. The van der Waals surface area contributed by atoms with E-state index in [1.165, 1.54) is 0 Å². The highest BCUT2D eigenvalue weighted by Gasteiger charge is 2.32. The lowest BCUT2D eigenvalue weighted by atomic mass is 9.93. The standard InChI is InChI=1S/C13H23N5O/c1-4-18-13(11(14)9(3)16-18)17-7-10(12(15)19)6-5-8(17)2/h8,10H,4-7,14H2,1-3H3,(H2,15,19). The van der Waals surface area contributed by atoms with Crippen molar-refractivity contribution in [2.24, 2.45) is 11.7 Å². The molecular formula is C13H23N5O. The smallest absolute Gasteiger partial charge is 0.222 e. The van der Waals surface area contributed by atoms with Gasteiger partial charge in [-0.1, -0.05) is 0 Å². The molecule has 0 aromatic carbocycles. The summed E-state index contributed by atoms with van der Waals surface area (Å²) in [5, 5.41) is 4.44. The maximum atomic E-state index is 11.4. The number of nitrogens with zero attached hydrogens (tertiary/aromatic N) is 3. The van der Waals surface area contributed by atoms with Gasteiger partial charge >= 0.3 is 0 Å². The highest BCUT2D eigenvalue weighted by molar-refractivity contribution is 5.78. The number of hydrogen-bond acceptors (Lipinski definition) is 4. The summed E-state index contributed by atoms with van der Waals surface area (Å²) in [6.45, 7) is 7.49. The number of carbonyl (C=O) groups is 1. The van der Waals surface area contributed by atoms with E-state index in [1.807, 2.05) is 18.5 Å². The van der Waals surface area contributed by atoms with Crippen molar-refractivity contribution in [2.45, 2.75) is 46.2 Å². The van der Waals surface area contributed by atoms with Crippen molar-refractivity contribution < 1.29 is 4.79 Å². The topological polar surface area (TPSA) is 90.2 Å². The third kappa shape index (κ3) is 2.39. The minimum atomic E-state index is -0.227. The van der Waals surface area contributed by atoms with Gasteiger partial charge < -0.3 is 16.4 Å². The van der Waals surface area contributed by atoms with E-state index in [-0.39, 0.29) is 11.8 Å². The van der Waals surface area contributed by atoms with Crippen LogP contribution in [0.2, 0.25) is 0 Å². The number of piperidine rings is 1. The van der Waals surface area contributed by atoms with Crippen molar-refractivity contribution in [3.63, 3.8) is 0 Å². The van der Waals surface area contributed by atoms with Gasteiger partial charge in [-0.15, -0.1) is 0 Å². The van der Waals surface area contributed by atoms with E-state index in [0.29, 0.717) is 18.3 Å². The molecule has 0 bridgehead atoms. The Morgan fingerprint density at radius 1 is 1.47 bits per heavy atom. The molecule has 1 aromatic rings. The molecule has 19 heavy (non-hydrogen) atoms. The van der Waals surface area contributed by atoms with Gasteiger partial charge in [0.15, 0.2) is 5.82 Å². The van der Waals surface area contributed by atoms with E-state index < -0.39 is 0 Å². The minimum absolute atomic E-state index is 0.101. The third-order valence-corrected chi connectivity index (χ3v) is 4.00. The predicted molar refractivity (Wildman–Crippen MR) is 75.8 cm³/mol.